The third-order valence-electron chi connectivity index (χ3n) is 3.16. The van der Waals surface area contributed by atoms with Crippen molar-refractivity contribution in [2.45, 2.75) is 44.2 Å². The molecule has 1 heterocycles. The van der Waals surface area contributed by atoms with Gasteiger partial charge in [0.05, 0.1) is 11.8 Å². The van der Waals surface area contributed by atoms with Crippen LogP contribution in [0.3, 0.4) is 0 Å². The first-order chi connectivity index (χ1) is 7.60. The Bertz CT molecular complexity index is 355. The maximum atomic E-state index is 11.8. The van der Waals surface area contributed by atoms with E-state index in [9.17, 15) is 4.79 Å². The molecule has 16 heavy (non-hydrogen) atoms. The fraction of sp³-hybridized carbons (Fsp3) is 0.583. The minimum atomic E-state index is -0.614. The Hall–Kier alpha value is -1.29. The average molecular weight is 222 g/mol. The van der Waals surface area contributed by atoms with E-state index in [4.69, 9.17) is 10.2 Å². The van der Waals surface area contributed by atoms with Crippen molar-refractivity contribution in [3.8, 4) is 0 Å². The molecular weight excluding hydrogens is 204 g/mol. The topological polar surface area (TPSA) is 68.3 Å². The molecule has 0 spiro atoms. The van der Waals surface area contributed by atoms with Gasteiger partial charge in [-0.3, -0.25) is 4.79 Å². The third-order valence-corrected chi connectivity index (χ3v) is 3.16. The molecule has 1 saturated carbocycles. The van der Waals surface area contributed by atoms with Gasteiger partial charge in [-0.1, -0.05) is 0 Å². The van der Waals surface area contributed by atoms with Gasteiger partial charge in [0, 0.05) is 12.5 Å². The zero-order valence-electron chi connectivity index (χ0n) is 9.53. The summed E-state index contributed by atoms with van der Waals surface area (Å²) < 4.78 is 5.23. The van der Waals surface area contributed by atoms with E-state index >= 15 is 0 Å². The van der Waals surface area contributed by atoms with E-state index in [1.54, 1.807) is 6.26 Å². The molecule has 0 saturated heterocycles. The van der Waals surface area contributed by atoms with E-state index in [1.807, 2.05) is 19.1 Å². The van der Waals surface area contributed by atoms with E-state index in [2.05, 4.69) is 5.32 Å². The first-order valence-corrected chi connectivity index (χ1v) is 5.72. The summed E-state index contributed by atoms with van der Waals surface area (Å²) in [5.74, 6) is 0.852. The van der Waals surface area contributed by atoms with E-state index in [-0.39, 0.29) is 11.9 Å². The van der Waals surface area contributed by atoms with Crippen LogP contribution in [-0.4, -0.2) is 17.5 Å². The number of amides is 1. The molecule has 1 aromatic heterocycles. The Balaban J connectivity index is 1.83. The third kappa shape index (κ3) is 2.27. The second kappa shape index (κ2) is 4.29. The van der Waals surface area contributed by atoms with Gasteiger partial charge >= 0.3 is 0 Å². The Morgan fingerprint density at radius 3 is 2.94 bits per heavy atom. The molecule has 1 aromatic rings. The summed E-state index contributed by atoms with van der Waals surface area (Å²) in [5, 5.41) is 2.94. The highest BCUT2D eigenvalue weighted by molar-refractivity contribution is 5.87. The summed E-state index contributed by atoms with van der Waals surface area (Å²) in [6.07, 6.45) is 4.99. The van der Waals surface area contributed by atoms with Crippen molar-refractivity contribution in [2.24, 2.45) is 5.73 Å². The van der Waals surface area contributed by atoms with E-state index < -0.39 is 5.54 Å². The zero-order valence-corrected chi connectivity index (χ0v) is 9.53. The van der Waals surface area contributed by atoms with Gasteiger partial charge in [0.1, 0.15) is 5.76 Å². The summed E-state index contributed by atoms with van der Waals surface area (Å²) in [6.45, 7) is 1.96. The van der Waals surface area contributed by atoms with Crippen LogP contribution in [0.4, 0.5) is 0 Å². The molecule has 1 aliphatic carbocycles. The lowest BCUT2D eigenvalue weighted by Gasteiger charge is -2.37. The number of nitrogens with one attached hydrogen (secondary N) is 1. The second-order valence-corrected chi connectivity index (χ2v) is 4.67. The standard InChI is InChI=1S/C12H18N2O2/c1-9(8-10-4-2-7-16-10)14-11(15)12(13)5-3-6-12/h2,4,7,9H,3,5-6,8,13H2,1H3,(H,14,15). The number of carbonyl (C=O) groups excluding carboxylic acids is 1. The van der Waals surface area contributed by atoms with Crippen LogP contribution >= 0.6 is 0 Å². The summed E-state index contributed by atoms with van der Waals surface area (Å²) in [4.78, 5) is 11.8. The number of nitrogens with two attached hydrogens (primary N) is 1. The van der Waals surface area contributed by atoms with Crippen molar-refractivity contribution in [1.29, 1.82) is 0 Å². The van der Waals surface area contributed by atoms with Gasteiger partial charge in [-0.25, -0.2) is 0 Å². The van der Waals surface area contributed by atoms with Crippen LogP contribution in [0.1, 0.15) is 31.9 Å². The maximum absolute atomic E-state index is 11.8. The zero-order chi connectivity index (χ0) is 11.6. The lowest BCUT2D eigenvalue weighted by Crippen LogP contribution is -2.60. The number of rotatable bonds is 4. The minimum absolute atomic E-state index is 0.0298. The van der Waals surface area contributed by atoms with Crippen LogP contribution in [-0.2, 0) is 11.2 Å². The van der Waals surface area contributed by atoms with Crippen LogP contribution < -0.4 is 11.1 Å². The van der Waals surface area contributed by atoms with Crippen molar-refractivity contribution in [3.05, 3.63) is 24.2 Å². The number of hydrogen-bond donors (Lipinski definition) is 2. The molecule has 1 atom stereocenters. The van der Waals surface area contributed by atoms with Crippen LogP contribution in [0, 0.1) is 0 Å². The Labute approximate surface area is 95.2 Å². The predicted octanol–water partition coefficient (Wildman–Crippen LogP) is 1.21. The maximum Gasteiger partial charge on any atom is 0.240 e. The molecule has 4 nitrogen and oxygen atoms in total. The van der Waals surface area contributed by atoms with E-state index in [0.717, 1.165) is 25.0 Å². The van der Waals surface area contributed by atoms with Gasteiger partial charge in [0.15, 0.2) is 0 Å². The monoisotopic (exact) mass is 222 g/mol. The number of hydrogen-bond acceptors (Lipinski definition) is 3. The first kappa shape index (κ1) is 11.2. The highest BCUT2D eigenvalue weighted by Gasteiger charge is 2.40. The van der Waals surface area contributed by atoms with E-state index in [0.29, 0.717) is 6.42 Å². The van der Waals surface area contributed by atoms with Crippen LogP contribution in [0.25, 0.3) is 0 Å². The van der Waals surface area contributed by atoms with Crippen LogP contribution in [0.15, 0.2) is 22.8 Å². The molecular formula is C12H18N2O2. The molecule has 0 aliphatic heterocycles. The summed E-state index contributed by atoms with van der Waals surface area (Å²) in [7, 11) is 0. The van der Waals surface area contributed by atoms with Gasteiger partial charge in [0.25, 0.3) is 0 Å². The Morgan fingerprint density at radius 1 is 1.69 bits per heavy atom. The summed E-state index contributed by atoms with van der Waals surface area (Å²) in [5.41, 5.74) is 5.32. The first-order valence-electron chi connectivity index (χ1n) is 5.72. The van der Waals surface area contributed by atoms with Crippen LogP contribution in [0.5, 0.6) is 0 Å². The van der Waals surface area contributed by atoms with Gasteiger partial charge in [0.2, 0.25) is 5.91 Å². The van der Waals surface area contributed by atoms with Crippen LogP contribution in [0.2, 0.25) is 0 Å². The molecule has 88 valence electrons. The Kier molecular flexibility index (Phi) is 3.01. The van der Waals surface area contributed by atoms with Gasteiger partial charge in [-0.15, -0.1) is 0 Å². The van der Waals surface area contributed by atoms with Crippen molar-refractivity contribution in [1.82, 2.24) is 5.32 Å². The fourth-order valence-electron chi connectivity index (χ4n) is 1.93. The van der Waals surface area contributed by atoms with Crippen molar-refractivity contribution < 1.29 is 9.21 Å². The predicted molar refractivity (Wildman–Crippen MR) is 60.8 cm³/mol. The van der Waals surface area contributed by atoms with Gasteiger partial charge in [-0.2, -0.15) is 0 Å². The van der Waals surface area contributed by atoms with Crippen molar-refractivity contribution in [3.63, 3.8) is 0 Å². The minimum Gasteiger partial charge on any atom is -0.469 e. The van der Waals surface area contributed by atoms with Gasteiger partial charge < -0.3 is 15.5 Å². The van der Waals surface area contributed by atoms with Gasteiger partial charge in [-0.05, 0) is 38.3 Å². The smallest absolute Gasteiger partial charge is 0.240 e. The molecule has 1 amide bonds. The molecule has 1 fully saturated rings. The average Bonchev–Trinajstić information content (AvgIpc) is 2.66. The molecule has 4 heteroatoms. The lowest BCUT2D eigenvalue weighted by molar-refractivity contribution is -0.129. The second-order valence-electron chi connectivity index (χ2n) is 4.67. The normalized spacial score (nSPS) is 19.9. The van der Waals surface area contributed by atoms with E-state index in [1.165, 1.54) is 0 Å². The number of furan rings is 1. The highest BCUT2D eigenvalue weighted by Crippen LogP contribution is 2.29. The molecule has 3 N–H and O–H groups in total. The molecule has 0 aromatic carbocycles. The molecule has 0 bridgehead atoms. The SMILES string of the molecule is CC(Cc1ccco1)NC(=O)C1(N)CCC1. The molecule has 1 unspecified atom stereocenters. The van der Waals surface area contributed by atoms with Crippen molar-refractivity contribution in [2.75, 3.05) is 0 Å². The fourth-order valence-corrected chi connectivity index (χ4v) is 1.93. The molecule has 0 radical (unpaired) electrons. The summed E-state index contributed by atoms with van der Waals surface area (Å²) in [6, 6.07) is 3.81. The highest BCUT2D eigenvalue weighted by atomic mass is 16.3. The summed E-state index contributed by atoms with van der Waals surface area (Å²) >= 11 is 0. The quantitative estimate of drug-likeness (QED) is 0.804. The lowest BCUT2D eigenvalue weighted by atomic mass is 9.77. The Morgan fingerprint density at radius 2 is 2.44 bits per heavy atom. The van der Waals surface area contributed by atoms with Crippen molar-refractivity contribution >= 4 is 5.91 Å². The molecule has 1 aliphatic rings. The molecule has 2 rings (SSSR count). The number of carbonyl (C=O) groups is 1. The largest absolute Gasteiger partial charge is 0.469 e.